The van der Waals surface area contributed by atoms with Crippen LogP contribution in [0.5, 0.6) is 5.75 Å². The van der Waals surface area contributed by atoms with Crippen LogP contribution in [0.4, 0.5) is 0 Å². The molecule has 2 N–H and O–H groups in total. The standard InChI is InChI=1S/C16H19ClN2O3/c1-9(15-19-8-13(22-15)16(2,3)4)21-12-6-5-10(17)7-11(12)14(18)20/h5-9H,1-4H3,(H2,18,20). The number of carbonyl (C=O) groups is 1. The highest BCUT2D eigenvalue weighted by atomic mass is 35.5. The maximum atomic E-state index is 11.5. The molecule has 118 valence electrons. The zero-order valence-electron chi connectivity index (χ0n) is 13.0. The van der Waals surface area contributed by atoms with Crippen LogP contribution in [0.15, 0.2) is 28.8 Å². The van der Waals surface area contributed by atoms with Gasteiger partial charge >= 0.3 is 0 Å². The first-order valence-corrected chi connectivity index (χ1v) is 7.28. The van der Waals surface area contributed by atoms with Crippen molar-refractivity contribution in [2.45, 2.75) is 39.2 Å². The highest BCUT2D eigenvalue weighted by Crippen LogP contribution is 2.29. The quantitative estimate of drug-likeness (QED) is 0.926. The van der Waals surface area contributed by atoms with Crippen molar-refractivity contribution in [3.8, 4) is 5.75 Å². The Bertz CT molecular complexity index is 689. The van der Waals surface area contributed by atoms with Crippen molar-refractivity contribution >= 4 is 17.5 Å². The highest BCUT2D eigenvalue weighted by molar-refractivity contribution is 6.31. The minimum atomic E-state index is -0.604. The van der Waals surface area contributed by atoms with Gasteiger partial charge in [-0.3, -0.25) is 4.79 Å². The van der Waals surface area contributed by atoms with Gasteiger partial charge in [0.05, 0.1) is 11.8 Å². The SMILES string of the molecule is CC(Oc1ccc(Cl)cc1C(N)=O)c1ncc(C(C)(C)C)o1. The summed E-state index contributed by atoms with van der Waals surface area (Å²) in [5.41, 5.74) is 5.43. The summed E-state index contributed by atoms with van der Waals surface area (Å²) in [6, 6.07) is 4.71. The smallest absolute Gasteiger partial charge is 0.252 e. The molecule has 22 heavy (non-hydrogen) atoms. The predicted octanol–water partition coefficient (Wildman–Crippen LogP) is 3.86. The molecule has 1 unspecified atom stereocenters. The molecule has 2 aromatic rings. The molecule has 0 saturated heterocycles. The number of halogens is 1. The summed E-state index contributed by atoms with van der Waals surface area (Å²) in [5, 5.41) is 0.417. The third-order valence-electron chi connectivity index (χ3n) is 3.12. The zero-order valence-corrected chi connectivity index (χ0v) is 13.8. The Labute approximate surface area is 134 Å². The van der Waals surface area contributed by atoms with E-state index >= 15 is 0 Å². The molecule has 1 heterocycles. The number of rotatable bonds is 4. The second kappa shape index (κ2) is 6.01. The second-order valence-electron chi connectivity index (χ2n) is 6.08. The number of primary amides is 1. The zero-order chi connectivity index (χ0) is 16.5. The Morgan fingerprint density at radius 1 is 1.41 bits per heavy atom. The molecule has 1 amide bonds. The van der Waals surface area contributed by atoms with Crippen LogP contribution in [-0.4, -0.2) is 10.9 Å². The number of carbonyl (C=O) groups excluding carboxylic acids is 1. The van der Waals surface area contributed by atoms with Gasteiger partial charge < -0.3 is 14.9 Å². The molecule has 5 nitrogen and oxygen atoms in total. The fourth-order valence-corrected chi connectivity index (χ4v) is 2.03. The van der Waals surface area contributed by atoms with Gasteiger partial charge in [-0.2, -0.15) is 0 Å². The van der Waals surface area contributed by atoms with E-state index in [-0.39, 0.29) is 11.0 Å². The summed E-state index contributed by atoms with van der Waals surface area (Å²) >= 11 is 5.87. The molecule has 6 heteroatoms. The molecule has 0 aliphatic carbocycles. The fraction of sp³-hybridized carbons (Fsp3) is 0.375. The highest BCUT2D eigenvalue weighted by Gasteiger charge is 2.23. The summed E-state index contributed by atoms with van der Waals surface area (Å²) in [6.07, 6.45) is 1.22. The van der Waals surface area contributed by atoms with Gasteiger partial charge in [0.15, 0.2) is 6.10 Å². The molecule has 0 aliphatic heterocycles. The van der Waals surface area contributed by atoms with Crippen LogP contribution in [0.2, 0.25) is 5.02 Å². The molecule has 0 fully saturated rings. The molecular formula is C16H19ClN2O3. The van der Waals surface area contributed by atoms with Crippen molar-refractivity contribution in [1.29, 1.82) is 0 Å². The summed E-state index contributed by atoms with van der Waals surface area (Å²) in [5.74, 6) is 0.951. The topological polar surface area (TPSA) is 78.4 Å². The third kappa shape index (κ3) is 3.60. The van der Waals surface area contributed by atoms with E-state index < -0.39 is 12.0 Å². The van der Waals surface area contributed by atoms with Crippen LogP contribution in [0.1, 0.15) is 55.8 Å². The van der Waals surface area contributed by atoms with E-state index in [0.717, 1.165) is 5.76 Å². The molecule has 1 aromatic carbocycles. The van der Waals surface area contributed by atoms with Gasteiger partial charge in [0.2, 0.25) is 5.89 Å². The van der Waals surface area contributed by atoms with Gasteiger partial charge in [-0.05, 0) is 25.1 Å². The molecule has 0 saturated carbocycles. The van der Waals surface area contributed by atoms with E-state index in [1.54, 1.807) is 25.3 Å². The Hall–Kier alpha value is -2.01. The van der Waals surface area contributed by atoms with Gasteiger partial charge in [0.25, 0.3) is 5.91 Å². The average Bonchev–Trinajstić information content (AvgIpc) is 2.90. The Morgan fingerprint density at radius 3 is 2.64 bits per heavy atom. The lowest BCUT2D eigenvalue weighted by molar-refractivity contribution is 0.0991. The predicted molar refractivity (Wildman–Crippen MR) is 84.2 cm³/mol. The first-order valence-electron chi connectivity index (χ1n) is 6.90. The fourth-order valence-electron chi connectivity index (χ4n) is 1.86. The minimum absolute atomic E-state index is 0.135. The van der Waals surface area contributed by atoms with Crippen molar-refractivity contribution < 1.29 is 13.9 Å². The number of oxazole rings is 1. The molecule has 1 atom stereocenters. The summed E-state index contributed by atoms with van der Waals surface area (Å²) in [7, 11) is 0. The second-order valence-corrected chi connectivity index (χ2v) is 6.51. The van der Waals surface area contributed by atoms with Gasteiger partial charge in [0, 0.05) is 10.4 Å². The van der Waals surface area contributed by atoms with Crippen LogP contribution in [-0.2, 0) is 5.41 Å². The summed E-state index contributed by atoms with van der Waals surface area (Å²) in [4.78, 5) is 15.7. The molecule has 0 spiro atoms. The first kappa shape index (κ1) is 16.4. The Balaban J connectivity index is 2.24. The van der Waals surface area contributed by atoms with E-state index in [1.165, 1.54) is 6.07 Å². The number of ether oxygens (including phenoxy) is 1. The lowest BCUT2D eigenvalue weighted by atomic mass is 9.94. The number of hydrogen-bond acceptors (Lipinski definition) is 4. The maximum Gasteiger partial charge on any atom is 0.252 e. The van der Waals surface area contributed by atoms with Gasteiger partial charge in [-0.25, -0.2) is 4.98 Å². The van der Waals surface area contributed by atoms with Crippen molar-refractivity contribution in [3.63, 3.8) is 0 Å². The van der Waals surface area contributed by atoms with Crippen LogP contribution in [0, 0.1) is 0 Å². The number of aromatic nitrogens is 1. The molecular weight excluding hydrogens is 304 g/mol. The maximum absolute atomic E-state index is 11.5. The van der Waals surface area contributed by atoms with Gasteiger partial charge in [-0.1, -0.05) is 32.4 Å². The molecule has 0 bridgehead atoms. The number of nitrogens with zero attached hydrogens (tertiary/aromatic N) is 1. The Morgan fingerprint density at radius 2 is 2.09 bits per heavy atom. The van der Waals surface area contributed by atoms with Crippen LogP contribution >= 0.6 is 11.6 Å². The largest absolute Gasteiger partial charge is 0.480 e. The normalized spacial score (nSPS) is 13.0. The number of amides is 1. The van der Waals surface area contributed by atoms with Crippen molar-refractivity contribution in [2.75, 3.05) is 0 Å². The lowest BCUT2D eigenvalue weighted by Gasteiger charge is -2.16. The van der Waals surface area contributed by atoms with Gasteiger partial charge in [0.1, 0.15) is 11.5 Å². The summed E-state index contributed by atoms with van der Waals surface area (Å²) < 4.78 is 11.5. The van der Waals surface area contributed by atoms with Crippen LogP contribution in [0.3, 0.4) is 0 Å². The van der Waals surface area contributed by atoms with Crippen molar-refractivity contribution in [2.24, 2.45) is 5.73 Å². The molecule has 1 aromatic heterocycles. The Kier molecular flexibility index (Phi) is 4.47. The van der Waals surface area contributed by atoms with E-state index in [0.29, 0.717) is 16.7 Å². The molecule has 0 radical (unpaired) electrons. The molecule has 2 rings (SSSR count). The van der Waals surface area contributed by atoms with Gasteiger partial charge in [-0.15, -0.1) is 0 Å². The van der Waals surface area contributed by atoms with Crippen molar-refractivity contribution in [3.05, 3.63) is 46.6 Å². The third-order valence-corrected chi connectivity index (χ3v) is 3.36. The monoisotopic (exact) mass is 322 g/mol. The minimum Gasteiger partial charge on any atom is -0.480 e. The lowest BCUT2D eigenvalue weighted by Crippen LogP contribution is -2.14. The molecule has 0 aliphatic rings. The summed E-state index contributed by atoms with van der Waals surface area (Å²) in [6.45, 7) is 7.89. The van der Waals surface area contributed by atoms with E-state index in [2.05, 4.69) is 4.98 Å². The first-order chi connectivity index (χ1) is 10.2. The van der Waals surface area contributed by atoms with E-state index in [4.69, 9.17) is 26.5 Å². The number of nitrogens with two attached hydrogens (primary N) is 1. The number of benzene rings is 1. The van der Waals surface area contributed by atoms with Crippen LogP contribution < -0.4 is 10.5 Å². The van der Waals surface area contributed by atoms with Crippen molar-refractivity contribution in [1.82, 2.24) is 4.98 Å². The van der Waals surface area contributed by atoms with E-state index in [9.17, 15) is 4.79 Å². The van der Waals surface area contributed by atoms with E-state index in [1.807, 2.05) is 20.8 Å². The number of hydrogen-bond donors (Lipinski definition) is 1. The van der Waals surface area contributed by atoms with Crippen LogP contribution in [0.25, 0.3) is 0 Å². The average molecular weight is 323 g/mol.